The third kappa shape index (κ3) is 6.18. The monoisotopic (exact) mass is 422 g/mol. The Bertz CT molecular complexity index is 1130. The molecule has 0 heterocycles. The van der Waals surface area contributed by atoms with E-state index in [1.165, 1.54) is 28.8 Å². The van der Waals surface area contributed by atoms with Gasteiger partial charge >= 0.3 is 0 Å². The summed E-state index contributed by atoms with van der Waals surface area (Å²) in [6.45, 7) is 2.70. The van der Waals surface area contributed by atoms with Gasteiger partial charge in [-0.05, 0) is 64.4 Å². The first-order chi connectivity index (χ1) is 15.7. The first kappa shape index (κ1) is 21.6. The Labute approximate surface area is 189 Å². The average molecular weight is 423 g/mol. The van der Waals surface area contributed by atoms with E-state index < -0.39 is 0 Å². The summed E-state index contributed by atoms with van der Waals surface area (Å²) >= 11 is 0. The fourth-order valence-electron chi connectivity index (χ4n) is 3.63. The van der Waals surface area contributed by atoms with Crippen molar-refractivity contribution < 1.29 is 9.13 Å². The Kier molecular flexibility index (Phi) is 7.14. The summed E-state index contributed by atoms with van der Waals surface area (Å²) in [5, 5.41) is 0. The third-order valence-electron chi connectivity index (χ3n) is 5.56. The molecule has 1 atom stereocenters. The van der Waals surface area contributed by atoms with Crippen LogP contribution < -0.4 is 4.74 Å². The van der Waals surface area contributed by atoms with Crippen molar-refractivity contribution in [3.05, 3.63) is 137 Å². The molecule has 4 aromatic carbocycles. The Morgan fingerprint density at radius 1 is 0.688 bits per heavy atom. The van der Waals surface area contributed by atoms with Crippen LogP contribution in [0.15, 0.2) is 103 Å². The van der Waals surface area contributed by atoms with Crippen LogP contribution in [0.25, 0.3) is 12.2 Å². The van der Waals surface area contributed by atoms with Crippen molar-refractivity contribution in [3.8, 4) is 5.75 Å². The number of hydrogen-bond acceptors (Lipinski definition) is 1. The SMILES string of the molecule is C[C@@H](Cc1ccc(C=Cc2ccc(OCc3ccc(F)cc3)cc2)cc1)c1ccccc1. The lowest BCUT2D eigenvalue weighted by Crippen LogP contribution is -1.98. The van der Waals surface area contributed by atoms with Crippen LogP contribution in [-0.4, -0.2) is 0 Å². The van der Waals surface area contributed by atoms with Crippen molar-refractivity contribution in [1.29, 1.82) is 0 Å². The lowest BCUT2D eigenvalue weighted by molar-refractivity contribution is 0.306. The molecule has 0 fully saturated rings. The molecule has 0 aliphatic heterocycles. The lowest BCUT2D eigenvalue weighted by atomic mass is 9.93. The highest BCUT2D eigenvalue weighted by Gasteiger charge is 2.06. The Hall–Kier alpha value is -3.65. The highest BCUT2D eigenvalue weighted by atomic mass is 19.1. The van der Waals surface area contributed by atoms with Gasteiger partial charge < -0.3 is 4.74 Å². The summed E-state index contributed by atoms with van der Waals surface area (Å²) in [6, 6.07) is 33.8. The van der Waals surface area contributed by atoms with E-state index in [0.29, 0.717) is 12.5 Å². The topological polar surface area (TPSA) is 9.23 Å². The zero-order chi connectivity index (χ0) is 22.2. The molecule has 4 aromatic rings. The second-order valence-electron chi connectivity index (χ2n) is 8.07. The van der Waals surface area contributed by atoms with Crippen LogP contribution in [-0.2, 0) is 13.0 Å². The fourth-order valence-corrected chi connectivity index (χ4v) is 3.63. The number of halogens is 1. The van der Waals surface area contributed by atoms with Gasteiger partial charge in [0.1, 0.15) is 18.2 Å². The first-order valence-corrected chi connectivity index (χ1v) is 10.9. The van der Waals surface area contributed by atoms with E-state index >= 15 is 0 Å². The van der Waals surface area contributed by atoms with Gasteiger partial charge in [-0.1, -0.05) is 97.9 Å². The van der Waals surface area contributed by atoms with Gasteiger partial charge in [-0.25, -0.2) is 4.39 Å². The van der Waals surface area contributed by atoms with E-state index in [1.54, 1.807) is 12.1 Å². The zero-order valence-electron chi connectivity index (χ0n) is 18.2. The summed E-state index contributed by atoms with van der Waals surface area (Å²) in [7, 11) is 0. The molecule has 0 saturated heterocycles. The average Bonchev–Trinajstić information content (AvgIpc) is 2.84. The molecule has 0 unspecified atom stereocenters. The number of hydrogen-bond donors (Lipinski definition) is 0. The third-order valence-corrected chi connectivity index (χ3v) is 5.56. The molecule has 0 bridgehead atoms. The van der Waals surface area contributed by atoms with Crippen LogP contribution in [0.1, 0.15) is 40.7 Å². The molecule has 32 heavy (non-hydrogen) atoms. The van der Waals surface area contributed by atoms with Crippen molar-refractivity contribution in [1.82, 2.24) is 0 Å². The van der Waals surface area contributed by atoms with Crippen LogP contribution in [0.3, 0.4) is 0 Å². The predicted molar refractivity (Wildman–Crippen MR) is 131 cm³/mol. The lowest BCUT2D eigenvalue weighted by Gasteiger charge is -2.12. The standard InChI is InChI=1S/C30H27FO/c1-23(28-5-3-2-4-6-28)21-26-11-9-24(10-12-26)7-8-25-15-19-30(20-16-25)32-22-27-13-17-29(31)18-14-27/h2-20,23H,21-22H2,1H3/t23-/m0/s1. The van der Waals surface area contributed by atoms with E-state index in [-0.39, 0.29) is 5.82 Å². The number of benzene rings is 4. The summed E-state index contributed by atoms with van der Waals surface area (Å²) in [6.07, 6.45) is 5.26. The van der Waals surface area contributed by atoms with Gasteiger partial charge in [-0.3, -0.25) is 0 Å². The molecule has 1 nitrogen and oxygen atoms in total. The maximum atomic E-state index is 13.0. The summed E-state index contributed by atoms with van der Waals surface area (Å²) in [4.78, 5) is 0. The van der Waals surface area contributed by atoms with Crippen molar-refractivity contribution in [3.63, 3.8) is 0 Å². The highest BCUT2D eigenvalue weighted by molar-refractivity contribution is 5.69. The van der Waals surface area contributed by atoms with E-state index in [1.807, 2.05) is 24.3 Å². The van der Waals surface area contributed by atoms with Gasteiger partial charge in [0, 0.05) is 0 Å². The van der Waals surface area contributed by atoms with Gasteiger partial charge in [-0.2, -0.15) is 0 Å². The van der Waals surface area contributed by atoms with Crippen LogP contribution in [0.4, 0.5) is 4.39 Å². The van der Waals surface area contributed by atoms with Crippen molar-refractivity contribution in [2.75, 3.05) is 0 Å². The van der Waals surface area contributed by atoms with Crippen LogP contribution in [0, 0.1) is 5.82 Å². The molecular weight excluding hydrogens is 395 g/mol. The molecule has 2 heteroatoms. The zero-order valence-corrected chi connectivity index (χ0v) is 18.2. The largest absolute Gasteiger partial charge is 0.489 e. The van der Waals surface area contributed by atoms with Crippen molar-refractivity contribution in [2.45, 2.75) is 25.9 Å². The number of rotatable bonds is 8. The summed E-state index contributed by atoms with van der Waals surface area (Å²) in [5.41, 5.74) is 5.96. The van der Waals surface area contributed by atoms with Crippen molar-refractivity contribution in [2.24, 2.45) is 0 Å². The summed E-state index contributed by atoms with van der Waals surface area (Å²) < 4.78 is 18.8. The Balaban J connectivity index is 1.30. The second-order valence-corrected chi connectivity index (χ2v) is 8.07. The summed E-state index contributed by atoms with van der Waals surface area (Å²) in [5.74, 6) is 1.06. The normalized spacial score (nSPS) is 12.1. The first-order valence-electron chi connectivity index (χ1n) is 10.9. The molecule has 0 aliphatic carbocycles. The fraction of sp³-hybridized carbons (Fsp3) is 0.133. The Morgan fingerprint density at radius 2 is 1.25 bits per heavy atom. The number of ether oxygens (including phenoxy) is 1. The second kappa shape index (κ2) is 10.6. The van der Waals surface area contributed by atoms with Gasteiger partial charge in [0.2, 0.25) is 0 Å². The minimum atomic E-state index is -0.235. The van der Waals surface area contributed by atoms with Crippen LogP contribution in [0.2, 0.25) is 0 Å². The molecule has 0 N–H and O–H groups in total. The van der Waals surface area contributed by atoms with Gasteiger partial charge in [0.25, 0.3) is 0 Å². The van der Waals surface area contributed by atoms with Crippen molar-refractivity contribution >= 4 is 12.2 Å². The van der Waals surface area contributed by atoms with Crippen LogP contribution >= 0.6 is 0 Å². The predicted octanol–water partition coefficient (Wildman–Crippen LogP) is 7.92. The molecule has 0 spiro atoms. The van der Waals surface area contributed by atoms with Gasteiger partial charge in [0.15, 0.2) is 0 Å². The quantitative estimate of drug-likeness (QED) is 0.262. The minimum absolute atomic E-state index is 0.235. The highest BCUT2D eigenvalue weighted by Crippen LogP contribution is 2.21. The minimum Gasteiger partial charge on any atom is -0.489 e. The van der Waals surface area contributed by atoms with Gasteiger partial charge in [0.05, 0.1) is 0 Å². The van der Waals surface area contributed by atoms with E-state index in [2.05, 4.69) is 73.7 Å². The molecule has 4 rings (SSSR count). The molecule has 0 aliphatic rings. The maximum Gasteiger partial charge on any atom is 0.123 e. The molecule has 0 amide bonds. The molecular formula is C30H27FO. The van der Waals surface area contributed by atoms with E-state index in [4.69, 9.17) is 4.74 Å². The molecule has 160 valence electrons. The molecule has 0 radical (unpaired) electrons. The smallest absolute Gasteiger partial charge is 0.123 e. The molecule has 0 saturated carbocycles. The van der Waals surface area contributed by atoms with Gasteiger partial charge in [-0.15, -0.1) is 0 Å². The van der Waals surface area contributed by atoms with E-state index in [9.17, 15) is 4.39 Å². The van der Waals surface area contributed by atoms with Crippen LogP contribution in [0.5, 0.6) is 5.75 Å². The molecule has 0 aromatic heterocycles. The van der Waals surface area contributed by atoms with E-state index in [0.717, 1.165) is 23.3 Å². The Morgan fingerprint density at radius 3 is 1.88 bits per heavy atom. The maximum absolute atomic E-state index is 13.0.